The molecule has 1 unspecified atom stereocenters. The molecule has 2 atom stereocenters. The predicted octanol–water partition coefficient (Wildman–Crippen LogP) is 2.72. The van der Waals surface area contributed by atoms with Gasteiger partial charge in [0.2, 0.25) is 0 Å². The minimum atomic E-state index is -0.487. The maximum atomic E-state index is 13.7. The number of halogens is 1. The topological polar surface area (TPSA) is 44.5 Å². The molecule has 2 N–H and O–H groups in total. The quantitative estimate of drug-likeness (QED) is 0.837. The summed E-state index contributed by atoms with van der Waals surface area (Å²) in [5.74, 6) is 0.643. The first-order chi connectivity index (χ1) is 8.34. The van der Waals surface area contributed by atoms with Gasteiger partial charge in [0.05, 0.1) is 7.11 Å². The van der Waals surface area contributed by atoms with E-state index in [-0.39, 0.29) is 22.9 Å². The highest BCUT2D eigenvalue weighted by Crippen LogP contribution is 2.43. The smallest absolute Gasteiger partial charge is 0.165 e. The Labute approximate surface area is 107 Å². The molecule has 0 amide bonds. The lowest BCUT2D eigenvalue weighted by atomic mass is 9.75. The molecule has 1 aliphatic rings. The number of hydrogen-bond acceptors (Lipinski definition) is 3. The fourth-order valence-corrected chi connectivity index (χ4v) is 2.45. The fraction of sp³-hybridized carbons (Fsp3) is 0.571. The van der Waals surface area contributed by atoms with Crippen molar-refractivity contribution in [2.75, 3.05) is 7.11 Å². The van der Waals surface area contributed by atoms with Crippen molar-refractivity contribution in [3.05, 3.63) is 23.5 Å². The second-order valence-corrected chi connectivity index (χ2v) is 5.82. The molecular weight excluding hydrogens is 233 g/mol. The minimum Gasteiger partial charge on any atom is -0.496 e. The number of hydrogen-bond donors (Lipinski definition) is 1. The molecule has 3 nitrogen and oxygen atoms in total. The van der Waals surface area contributed by atoms with Crippen molar-refractivity contribution < 1.29 is 13.9 Å². The summed E-state index contributed by atoms with van der Waals surface area (Å²) in [4.78, 5) is 0. The maximum absolute atomic E-state index is 13.7. The zero-order valence-electron chi connectivity index (χ0n) is 11.3. The van der Waals surface area contributed by atoms with Gasteiger partial charge in [0, 0.05) is 11.5 Å². The van der Waals surface area contributed by atoms with E-state index in [1.165, 1.54) is 6.07 Å². The van der Waals surface area contributed by atoms with Crippen LogP contribution in [0.1, 0.15) is 26.3 Å². The monoisotopic (exact) mass is 253 g/mol. The summed E-state index contributed by atoms with van der Waals surface area (Å²) in [6, 6.07) is 2.98. The van der Waals surface area contributed by atoms with Crippen molar-refractivity contribution in [1.82, 2.24) is 0 Å². The first-order valence-electron chi connectivity index (χ1n) is 6.12. The third kappa shape index (κ3) is 2.17. The number of benzene rings is 1. The Kier molecular flexibility index (Phi) is 3.23. The lowest BCUT2D eigenvalue weighted by Crippen LogP contribution is -2.46. The standard InChI is InChI=1S/C14H20FNO2/c1-14(2,3)9-7-8-11(17-4)6-5-10(15)12(8)18-13(9)16/h5-6,9,13H,7,16H2,1-4H3/t9?,13-/m1/s1. The maximum Gasteiger partial charge on any atom is 0.165 e. The molecule has 1 aliphatic heterocycles. The van der Waals surface area contributed by atoms with Crippen molar-refractivity contribution in [1.29, 1.82) is 0 Å². The molecule has 0 aliphatic carbocycles. The zero-order chi connectivity index (χ0) is 13.5. The molecule has 0 spiro atoms. The Hall–Kier alpha value is -1.29. The van der Waals surface area contributed by atoms with Crippen LogP contribution in [-0.2, 0) is 6.42 Å². The van der Waals surface area contributed by atoms with Gasteiger partial charge in [0.25, 0.3) is 0 Å². The molecule has 0 radical (unpaired) electrons. The summed E-state index contributed by atoms with van der Waals surface area (Å²) in [5, 5.41) is 0. The highest BCUT2D eigenvalue weighted by atomic mass is 19.1. The molecule has 2 rings (SSSR count). The number of rotatable bonds is 1. The van der Waals surface area contributed by atoms with Crippen LogP contribution in [0.2, 0.25) is 0 Å². The Morgan fingerprint density at radius 1 is 1.39 bits per heavy atom. The van der Waals surface area contributed by atoms with Crippen molar-refractivity contribution in [2.24, 2.45) is 17.1 Å². The molecule has 1 heterocycles. The van der Waals surface area contributed by atoms with Crippen LogP contribution in [0.25, 0.3) is 0 Å². The van der Waals surface area contributed by atoms with Crippen molar-refractivity contribution in [3.63, 3.8) is 0 Å². The number of methoxy groups -OCH3 is 1. The van der Waals surface area contributed by atoms with Gasteiger partial charge in [-0.05, 0) is 24.0 Å². The molecule has 1 aromatic carbocycles. The first kappa shape index (κ1) is 13.1. The van der Waals surface area contributed by atoms with E-state index in [2.05, 4.69) is 20.8 Å². The Morgan fingerprint density at radius 3 is 2.61 bits per heavy atom. The van der Waals surface area contributed by atoms with Crippen LogP contribution >= 0.6 is 0 Å². The number of ether oxygens (including phenoxy) is 2. The molecule has 0 bridgehead atoms. The van der Waals surface area contributed by atoms with E-state index >= 15 is 0 Å². The Balaban J connectivity index is 2.46. The van der Waals surface area contributed by atoms with Crippen LogP contribution in [0.4, 0.5) is 4.39 Å². The SMILES string of the molecule is COc1ccc(F)c2c1CC(C(C)(C)C)[C@H](N)O2. The largest absolute Gasteiger partial charge is 0.496 e. The predicted molar refractivity (Wildman–Crippen MR) is 68.2 cm³/mol. The Bertz CT molecular complexity index is 454. The third-order valence-electron chi connectivity index (χ3n) is 3.58. The van der Waals surface area contributed by atoms with E-state index in [1.54, 1.807) is 13.2 Å². The van der Waals surface area contributed by atoms with Gasteiger partial charge < -0.3 is 9.47 Å². The Morgan fingerprint density at radius 2 is 2.06 bits per heavy atom. The van der Waals surface area contributed by atoms with E-state index in [0.29, 0.717) is 12.2 Å². The highest BCUT2D eigenvalue weighted by Gasteiger charge is 2.38. The number of nitrogens with two attached hydrogens (primary N) is 1. The minimum absolute atomic E-state index is 0.00552. The van der Waals surface area contributed by atoms with Crippen LogP contribution in [0, 0.1) is 17.2 Å². The molecule has 0 aromatic heterocycles. The molecule has 1 aromatic rings. The van der Waals surface area contributed by atoms with E-state index in [4.69, 9.17) is 15.2 Å². The average molecular weight is 253 g/mol. The van der Waals surface area contributed by atoms with Crippen molar-refractivity contribution in [3.8, 4) is 11.5 Å². The molecule has 4 heteroatoms. The van der Waals surface area contributed by atoms with Crippen LogP contribution in [0.5, 0.6) is 11.5 Å². The van der Waals surface area contributed by atoms with Crippen LogP contribution in [-0.4, -0.2) is 13.3 Å². The normalized spacial score (nSPS) is 23.2. The summed E-state index contributed by atoms with van der Waals surface area (Å²) in [6.07, 6.45) is 0.181. The summed E-state index contributed by atoms with van der Waals surface area (Å²) in [7, 11) is 1.58. The summed E-state index contributed by atoms with van der Waals surface area (Å²) in [5.41, 5.74) is 6.78. The summed E-state index contributed by atoms with van der Waals surface area (Å²) in [6.45, 7) is 6.33. The van der Waals surface area contributed by atoms with Gasteiger partial charge in [-0.25, -0.2) is 4.39 Å². The molecular formula is C14H20FNO2. The van der Waals surface area contributed by atoms with Crippen LogP contribution in [0.3, 0.4) is 0 Å². The molecule has 0 saturated carbocycles. The van der Waals surface area contributed by atoms with E-state index in [0.717, 1.165) is 5.56 Å². The van der Waals surface area contributed by atoms with Gasteiger partial charge in [-0.3, -0.25) is 5.73 Å². The van der Waals surface area contributed by atoms with Gasteiger partial charge >= 0.3 is 0 Å². The van der Waals surface area contributed by atoms with Crippen molar-refractivity contribution in [2.45, 2.75) is 33.4 Å². The molecule has 0 fully saturated rings. The average Bonchev–Trinajstić information content (AvgIpc) is 2.28. The second-order valence-electron chi connectivity index (χ2n) is 5.82. The molecule has 0 saturated heterocycles. The second kappa shape index (κ2) is 4.43. The van der Waals surface area contributed by atoms with E-state index in [9.17, 15) is 4.39 Å². The van der Waals surface area contributed by atoms with Crippen LogP contribution < -0.4 is 15.2 Å². The molecule has 18 heavy (non-hydrogen) atoms. The highest BCUT2D eigenvalue weighted by molar-refractivity contribution is 5.47. The van der Waals surface area contributed by atoms with Gasteiger partial charge in [0.15, 0.2) is 17.8 Å². The van der Waals surface area contributed by atoms with Gasteiger partial charge in [-0.2, -0.15) is 0 Å². The van der Waals surface area contributed by atoms with Gasteiger partial charge in [-0.1, -0.05) is 20.8 Å². The third-order valence-corrected chi connectivity index (χ3v) is 3.58. The van der Waals surface area contributed by atoms with Gasteiger partial charge in [-0.15, -0.1) is 0 Å². The van der Waals surface area contributed by atoms with E-state index in [1.807, 2.05) is 0 Å². The molecule has 100 valence electrons. The lowest BCUT2D eigenvalue weighted by Gasteiger charge is -2.39. The lowest BCUT2D eigenvalue weighted by molar-refractivity contribution is 0.0449. The van der Waals surface area contributed by atoms with Gasteiger partial charge in [0.1, 0.15) is 5.75 Å². The van der Waals surface area contributed by atoms with E-state index < -0.39 is 6.23 Å². The fourth-order valence-electron chi connectivity index (χ4n) is 2.45. The van der Waals surface area contributed by atoms with Crippen molar-refractivity contribution >= 4 is 0 Å². The van der Waals surface area contributed by atoms with Crippen LogP contribution in [0.15, 0.2) is 12.1 Å². The summed E-state index contributed by atoms with van der Waals surface area (Å²) >= 11 is 0. The number of fused-ring (bicyclic) bond motifs is 1. The first-order valence-corrected chi connectivity index (χ1v) is 6.12. The zero-order valence-corrected chi connectivity index (χ0v) is 11.3. The summed E-state index contributed by atoms with van der Waals surface area (Å²) < 4.78 is 24.6.